The minimum atomic E-state index is -0.346. The average Bonchev–Trinajstić information content (AvgIpc) is 3.11. The fraction of sp³-hybridized carbons (Fsp3) is 0.190. The number of carbonyl (C=O) groups is 1. The van der Waals surface area contributed by atoms with E-state index >= 15 is 0 Å². The van der Waals surface area contributed by atoms with Crippen LogP contribution in [-0.2, 0) is 17.9 Å². The number of fused-ring (bicyclic) bond motifs is 3. The van der Waals surface area contributed by atoms with E-state index in [2.05, 4.69) is 10.4 Å². The normalized spacial score (nSPS) is 11.1. The molecule has 1 amide bonds. The first-order valence-corrected chi connectivity index (χ1v) is 9.43. The first kappa shape index (κ1) is 19.0. The van der Waals surface area contributed by atoms with Gasteiger partial charge in [-0.3, -0.25) is 14.0 Å². The molecule has 0 radical (unpaired) electrons. The molecule has 0 saturated heterocycles. The molecular formula is C21H19ClN4O3. The fourth-order valence-electron chi connectivity index (χ4n) is 3.42. The van der Waals surface area contributed by atoms with Gasteiger partial charge in [-0.25, -0.2) is 4.68 Å². The molecule has 0 unspecified atom stereocenters. The van der Waals surface area contributed by atoms with E-state index in [1.807, 2.05) is 36.4 Å². The Morgan fingerprint density at radius 3 is 2.72 bits per heavy atom. The average molecular weight is 411 g/mol. The number of hydrogen-bond donors (Lipinski definition) is 1. The van der Waals surface area contributed by atoms with Crippen LogP contribution < -0.4 is 15.6 Å². The summed E-state index contributed by atoms with van der Waals surface area (Å²) in [5, 5.41) is 8.50. The van der Waals surface area contributed by atoms with E-state index in [0.29, 0.717) is 22.1 Å². The van der Waals surface area contributed by atoms with Crippen LogP contribution in [0.25, 0.3) is 16.4 Å². The molecule has 148 valence electrons. The van der Waals surface area contributed by atoms with E-state index in [0.717, 1.165) is 16.5 Å². The number of rotatable bonds is 5. The molecule has 0 fully saturated rings. The zero-order chi connectivity index (χ0) is 20.5. The van der Waals surface area contributed by atoms with Crippen molar-refractivity contribution in [3.8, 4) is 5.75 Å². The van der Waals surface area contributed by atoms with Crippen molar-refractivity contribution < 1.29 is 9.53 Å². The Morgan fingerprint density at radius 1 is 1.17 bits per heavy atom. The summed E-state index contributed by atoms with van der Waals surface area (Å²) in [5.74, 6) is 0.952. The number of hydrogen-bond acceptors (Lipinski definition) is 4. The molecule has 0 aliphatic carbocycles. The Labute approximate surface area is 171 Å². The van der Waals surface area contributed by atoms with Crippen LogP contribution in [0.1, 0.15) is 11.4 Å². The SMILES string of the molecule is COc1cccc2c1cc1c(=O)n(CC(=O)NCc3ccccc3Cl)nc(C)n12. The Hall–Kier alpha value is -3.32. The molecule has 0 saturated carbocycles. The second-order valence-electron chi connectivity index (χ2n) is 6.64. The van der Waals surface area contributed by atoms with Crippen molar-refractivity contribution in [2.45, 2.75) is 20.0 Å². The van der Waals surface area contributed by atoms with Crippen molar-refractivity contribution in [3.05, 3.63) is 75.3 Å². The highest BCUT2D eigenvalue weighted by Gasteiger charge is 2.16. The van der Waals surface area contributed by atoms with Crippen LogP contribution in [-0.4, -0.2) is 27.2 Å². The molecular weight excluding hydrogens is 392 g/mol. The molecule has 7 nitrogen and oxygen atoms in total. The lowest BCUT2D eigenvalue weighted by Crippen LogP contribution is -2.34. The van der Waals surface area contributed by atoms with Gasteiger partial charge in [-0.2, -0.15) is 5.10 Å². The van der Waals surface area contributed by atoms with E-state index in [9.17, 15) is 9.59 Å². The largest absolute Gasteiger partial charge is 0.496 e. The van der Waals surface area contributed by atoms with Crippen molar-refractivity contribution in [2.24, 2.45) is 0 Å². The van der Waals surface area contributed by atoms with E-state index in [4.69, 9.17) is 16.3 Å². The molecule has 0 atom stereocenters. The van der Waals surface area contributed by atoms with Crippen molar-refractivity contribution in [1.29, 1.82) is 0 Å². The van der Waals surface area contributed by atoms with Gasteiger partial charge in [-0.15, -0.1) is 0 Å². The number of carbonyl (C=O) groups excluding carboxylic acids is 1. The quantitative estimate of drug-likeness (QED) is 0.548. The van der Waals surface area contributed by atoms with Crippen LogP contribution in [0.3, 0.4) is 0 Å². The zero-order valence-electron chi connectivity index (χ0n) is 16.0. The number of benzene rings is 2. The number of ether oxygens (including phenoxy) is 1. The minimum absolute atomic E-state index is 0.181. The Morgan fingerprint density at radius 2 is 1.97 bits per heavy atom. The number of nitrogens with one attached hydrogen (secondary N) is 1. The van der Waals surface area contributed by atoms with Crippen LogP contribution in [0.15, 0.2) is 53.3 Å². The summed E-state index contributed by atoms with van der Waals surface area (Å²) >= 11 is 6.11. The molecule has 4 aromatic rings. The predicted molar refractivity (Wildman–Crippen MR) is 112 cm³/mol. The van der Waals surface area contributed by atoms with E-state index in [1.165, 1.54) is 4.68 Å². The van der Waals surface area contributed by atoms with Crippen molar-refractivity contribution >= 4 is 33.9 Å². The van der Waals surface area contributed by atoms with E-state index < -0.39 is 0 Å². The molecule has 2 aromatic carbocycles. The minimum Gasteiger partial charge on any atom is -0.496 e. The monoisotopic (exact) mass is 410 g/mol. The highest BCUT2D eigenvalue weighted by atomic mass is 35.5. The highest BCUT2D eigenvalue weighted by Crippen LogP contribution is 2.28. The third kappa shape index (κ3) is 3.45. The summed E-state index contributed by atoms with van der Waals surface area (Å²) in [6.07, 6.45) is 0. The van der Waals surface area contributed by atoms with Gasteiger partial charge in [-0.1, -0.05) is 35.9 Å². The van der Waals surface area contributed by atoms with Gasteiger partial charge in [0.15, 0.2) is 0 Å². The first-order chi connectivity index (χ1) is 14.0. The van der Waals surface area contributed by atoms with Crippen LogP contribution in [0.2, 0.25) is 5.02 Å². The Kier molecular flexibility index (Phi) is 4.98. The van der Waals surface area contributed by atoms with Crippen molar-refractivity contribution in [3.63, 3.8) is 0 Å². The van der Waals surface area contributed by atoms with Gasteiger partial charge in [-0.05, 0) is 36.8 Å². The lowest BCUT2D eigenvalue weighted by Gasteiger charge is -2.10. The lowest BCUT2D eigenvalue weighted by molar-refractivity contribution is -0.122. The maximum absolute atomic E-state index is 13.0. The fourth-order valence-corrected chi connectivity index (χ4v) is 3.62. The molecule has 0 aliphatic rings. The van der Waals surface area contributed by atoms with Crippen LogP contribution in [0, 0.1) is 6.92 Å². The lowest BCUT2D eigenvalue weighted by atomic mass is 10.2. The third-order valence-corrected chi connectivity index (χ3v) is 5.16. The maximum Gasteiger partial charge on any atom is 0.291 e. The smallest absolute Gasteiger partial charge is 0.291 e. The number of nitrogens with zero attached hydrogens (tertiary/aromatic N) is 3. The Balaban J connectivity index is 1.65. The maximum atomic E-state index is 13.0. The summed E-state index contributed by atoms with van der Waals surface area (Å²) in [6.45, 7) is 1.89. The molecule has 4 rings (SSSR count). The summed E-state index contributed by atoms with van der Waals surface area (Å²) in [7, 11) is 1.59. The van der Waals surface area contributed by atoms with Gasteiger partial charge >= 0.3 is 0 Å². The molecule has 0 aliphatic heterocycles. The van der Waals surface area contributed by atoms with Gasteiger partial charge in [0.25, 0.3) is 5.56 Å². The summed E-state index contributed by atoms with van der Waals surface area (Å²) in [4.78, 5) is 25.3. The molecule has 0 spiro atoms. The van der Waals surface area contributed by atoms with Crippen molar-refractivity contribution in [1.82, 2.24) is 19.5 Å². The molecule has 2 aromatic heterocycles. The second-order valence-corrected chi connectivity index (χ2v) is 7.04. The van der Waals surface area contributed by atoms with Gasteiger partial charge in [0.2, 0.25) is 5.91 Å². The topological polar surface area (TPSA) is 77.6 Å². The summed E-state index contributed by atoms with van der Waals surface area (Å²) < 4.78 is 8.35. The van der Waals surface area contributed by atoms with Gasteiger partial charge in [0.1, 0.15) is 23.6 Å². The highest BCUT2D eigenvalue weighted by molar-refractivity contribution is 6.31. The third-order valence-electron chi connectivity index (χ3n) is 4.80. The molecule has 1 N–H and O–H groups in total. The van der Waals surface area contributed by atoms with Gasteiger partial charge in [0.05, 0.1) is 12.6 Å². The molecule has 2 heterocycles. The number of methoxy groups -OCH3 is 1. The number of aryl methyl sites for hydroxylation is 1. The van der Waals surface area contributed by atoms with E-state index in [-0.39, 0.29) is 24.6 Å². The standard InChI is InChI=1S/C21H19ClN4O3/c1-13-24-25(12-20(27)23-11-14-6-3-4-7-16(14)22)21(28)18-10-15-17(26(13)18)8-5-9-19(15)29-2/h3-10H,11-12H2,1-2H3,(H,23,27). The summed E-state index contributed by atoms with van der Waals surface area (Å²) in [6, 6.07) is 14.6. The van der Waals surface area contributed by atoms with Crippen molar-refractivity contribution in [2.75, 3.05) is 7.11 Å². The van der Waals surface area contributed by atoms with Gasteiger partial charge in [0, 0.05) is 17.0 Å². The summed E-state index contributed by atoms with van der Waals surface area (Å²) in [5.41, 5.74) is 1.73. The second kappa shape index (κ2) is 7.60. The van der Waals surface area contributed by atoms with Crippen LogP contribution in [0.4, 0.5) is 0 Å². The van der Waals surface area contributed by atoms with Crippen LogP contribution in [0.5, 0.6) is 5.75 Å². The number of amides is 1. The molecule has 8 heteroatoms. The number of aromatic nitrogens is 3. The molecule has 29 heavy (non-hydrogen) atoms. The zero-order valence-corrected chi connectivity index (χ0v) is 16.7. The Bertz CT molecular complexity index is 1290. The predicted octanol–water partition coefficient (Wildman–Crippen LogP) is 2.94. The van der Waals surface area contributed by atoms with Crippen LogP contribution >= 0.6 is 11.6 Å². The van der Waals surface area contributed by atoms with Gasteiger partial charge < -0.3 is 10.1 Å². The number of halogens is 1. The molecule has 0 bridgehead atoms. The van der Waals surface area contributed by atoms with E-state index in [1.54, 1.807) is 30.6 Å². The first-order valence-electron chi connectivity index (χ1n) is 9.05.